The Kier molecular flexibility index (Phi) is 5.41. The summed E-state index contributed by atoms with van der Waals surface area (Å²) in [6.07, 6.45) is 2.19. The molecule has 0 fully saturated rings. The second kappa shape index (κ2) is 7.75. The molecule has 1 atom stereocenters. The zero-order chi connectivity index (χ0) is 19.6. The van der Waals surface area contributed by atoms with Crippen molar-refractivity contribution in [2.75, 3.05) is 0 Å². The molecule has 0 saturated carbocycles. The molecule has 0 bridgehead atoms. The Bertz CT molecular complexity index is 989. The number of halogens is 1. The number of rotatable bonds is 5. The zero-order valence-electron chi connectivity index (χ0n) is 15.4. The lowest BCUT2D eigenvalue weighted by Gasteiger charge is -2.06. The number of benzene rings is 1. The van der Waals surface area contributed by atoms with Crippen LogP contribution in [0.2, 0.25) is 5.15 Å². The molecule has 0 saturated heterocycles. The average Bonchev–Trinajstić information content (AvgIpc) is 3.20. The van der Waals surface area contributed by atoms with Gasteiger partial charge < -0.3 is 9.15 Å². The van der Waals surface area contributed by atoms with Crippen molar-refractivity contribution < 1.29 is 13.9 Å². The predicted molar refractivity (Wildman–Crippen MR) is 101 cm³/mol. The van der Waals surface area contributed by atoms with Crippen molar-refractivity contribution in [3.8, 4) is 11.5 Å². The number of carbonyl (C=O) groups is 1. The molecule has 0 aliphatic rings. The summed E-state index contributed by atoms with van der Waals surface area (Å²) in [6, 6.07) is 7.70. The van der Waals surface area contributed by atoms with Crippen LogP contribution < -0.4 is 0 Å². The van der Waals surface area contributed by atoms with Gasteiger partial charge in [0.1, 0.15) is 5.15 Å². The highest BCUT2D eigenvalue weighted by Gasteiger charge is 2.18. The first-order valence-corrected chi connectivity index (χ1v) is 8.71. The monoisotopic (exact) mass is 386 g/mol. The van der Waals surface area contributed by atoms with Gasteiger partial charge in [0.2, 0.25) is 5.89 Å². The van der Waals surface area contributed by atoms with Gasteiger partial charge in [-0.25, -0.2) is 4.79 Å². The van der Waals surface area contributed by atoms with Crippen molar-refractivity contribution in [1.82, 2.24) is 20.0 Å². The number of aryl methyl sites for hydroxylation is 3. The van der Waals surface area contributed by atoms with Crippen LogP contribution in [0.3, 0.4) is 0 Å². The number of hydrogen-bond donors (Lipinski definition) is 0. The van der Waals surface area contributed by atoms with Crippen molar-refractivity contribution >= 4 is 23.6 Å². The summed E-state index contributed by atoms with van der Waals surface area (Å²) in [5.41, 5.74) is 3.33. The van der Waals surface area contributed by atoms with E-state index in [1.54, 1.807) is 20.0 Å². The molecule has 140 valence electrons. The van der Waals surface area contributed by atoms with E-state index >= 15 is 0 Å². The molecule has 0 amide bonds. The standard InChI is InChI=1S/C19H19ClN4O3/c1-11-5-7-14(8-6-11)19-22-21-18(27-19)13(3)26-16(25)10-9-15-12(2)23-24(4)17(15)20/h5-10,13H,1-4H3/b10-9+. The highest BCUT2D eigenvalue weighted by Crippen LogP contribution is 2.23. The summed E-state index contributed by atoms with van der Waals surface area (Å²) in [5, 5.41) is 12.6. The Morgan fingerprint density at radius 2 is 1.96 bits per heavy atom. The molecular weight excluding hydrogens is 368 g/mol. The van der Waals surface area contributed by atoms with E-state index in [4.69, 9.17) is 20.8 Å². The van der Waals surface area contributed by atoms with Crippen LogP contribution in [-0.4, -0.2) is 25.9 Å². The minimum absolute atomic E-state index is 0.225. The van der Waals surface area contributed by atoms with Crippen LogP contribution in [0.1, 0.15) is 35.7 Å². The minimum Gasteiger partial charge on any atom is -0.449 e. The molecule has 8 heteroatoms. The van der Waals surface area contributed by atoms with E-state index in [1.807, 2.05) is 38.1 Å². The summed E-state index contributed by atoms with van der Waals surface area (Å²) < 4.78 is 12.5. The predicted octanol–water partition coefficient (Wildman–Crippen LogP) is 4.06. The van der Waals surface area contributed by atoms with Crippen LogP contribution in [-0.2, 0) is 16.6 Å². The van der Waals surface area contributed by atoms with E-state index in [0.29, 0.717) is 16.6 Å². The fourth-order valence-electron chi connectivity index (χ4n) is 2.46. The molecule has 0 radical (unpaired) electrons. The Hall–Kier alpha value is -2.93. The van der Waals surface area contributed by atoms with Gasteiger partial charge in [0.25, 0.3) is 5.89 Å². The molecule has 1 aromatic carbocycles. The maximum atomic E-state index is 12.1. The third-order valence-electron chi connectivity index (χ3n) is 3.96. The minimum atomic E-state index is -0.681. The largest absolute Gasteiger partial charge is 0.449 e. The molecular formula is C19H19ClN4O3. The highest BCUT2D eigenvalue weighted by atomic mass is 35.5. The van der Waals surface area contributed by atoms with E-state index in [2.05, 4.69) is 15.3 Å². The van der Waals surface area contributed by atoms with Crippen molar-refractivity contribution in [2.45, 2.75) is 26.9 Å². The first kappa shape index (κ1) is 18.8. The van der Waals surface area contributed by atoms with E-state index in [1.165, 1.54) is 10.8 Å². The number of hydrogen-bond acceptors (Lipinski definition) is 6. The second-order valence-corrected chi connectivity index (χ2v) is 6.50. The van der Waals surface area contributed by atoms with Gasteiger partial charge in [-0.05, 0) is 39.0 Å². The maximum Gasteiger partial charge on any atom is 0.331 e. The fraction of sp³-hybridized carbons (Fsp3) is 0.263. The summed E-state index contributed by atoms with van der Waals surface area (Å²) >= 11 is 6.13. The molecule has 1 unspecified atom stereocenters. The summed E-state index contributed by atoms with van der Waals surface area (Å²) in [5.74, 6) is 0.0565. The van der Waals surface area contributed by atoms with Crippen LogP contribution >= 0.6 is 11.6 Å². The molecule has 0 aliphatic carbocycles. The number of nitrogens with zero attached hydrogens (tertiary/aromatic N) is 4. The van der Waals surface area contributed by atoms with Crippen LogP contribution in [0.25, 0.3) is 17.5 Å². The molecule has 0 N–H and O–H groups in total. The van der Waals surface area contributed by atoms with Gasteiger partial charge in [-0.3, -0.25) is 4.68 Å². The summed E-state index contributed by atoms with van der Waals surface area (Å²) in [4.78, 5) is 12.1. The van der Waals surface area contributed by atoms with Gasteiger partial charge >= 0.3 is 5.97 Å². The molecule has 7 nitrogen and oxygen atoms in total. The van der Waals surface area contributed by atoms with Crippen molar-refractivity contribution in [3.05, 3.63) is 58.2 Å². The van der Waals surface area contributed by atoms with E-state index < -0.39 is 12.1 Å². The van der Waals surface area contributed by atoms with Crippen LogP contribution in [0, 0.1) is 13.8 Å². The lowest BCUT2D eigenvalue weighted by Crippen LogP contribution is -2.06. The van der Waals surface area contributed by atoms with Crippen molar-refractivity contribution in [3.63, 3.8) is 0 Å². The third-order valence-corrected chi connectivity index (χ3v) is 4.41. The van der Waals surface area contributed by atoms with E-state index in [9.17, 15) is 4.79 Å². The molecule has 0 spiro atoms. The zero-order valence-corrected chi connectivity index (χ0v) is 16.2. The maximum absolute atomic E-state index is 12.1. The van der Waals surface area contributed by atoms with Gasteiger partial charge in [0.05, 0.1) is 5.69 Å². The van der Waals surface area contributed by atoms with Crippen LogP contribution in [0.4, 0.5) is 0 Å². The van der Waals surface area contributed by atoms with Gasteiger partial charge in [-0.15, -0.1) is 10.2 Å². The SMILES string of the molecule is Cc1ccc(-c2nnc(C(C)OC(=O)/C=C/c3c(C)nn(C)c3Cl)o2)cc1. The van der Waals surface area contributed by atoms with Gasteiger partial charge in [0.15, 0.2) is 6.10 Å². The normalized spacial score (nSPS) is 12.5. The van der Waals surface area contributed by atoms with Gasteiger partial charge in [0, 0.05) is 24.3 Å². The Morgan fingerprint density at radius 3 is 2.59 bits per heavy atom. The first-order chi connectivity index (χ1) is 12.8. The highest BCUT2D eigenvalue weighted by molar-refractivity contribution is 6.31. The van der Waals surface area contributed by atoms with Gasteiger partial charge in [-0.1, -0.05) is 29.3 Å². The summed E-state index contributed by atoms with van der Waals surface area (Å²) in [6.45, 7) is 5.48. The Labute approximate surface area is 161 Å². The van der Waals surface area contributed by atoms with Crippen molar-refractivity contribution in [2.24, 2.45) is 7.05 Å². The fourth-order valence-corrected chi connectivity index (χ4v) is 2.70. The second-order valence-electron chi connectivity index (χ2n) is 6.14. The van der Waals surface area contributed by atoms with Crippen molar-refractivity contribution in [1.29, 1.82) is 0 Å². The average molecular weight is 387 g/mol. The number of carbonyl (C=O) groups excluding carboxylic acids is 1. The quantitative estimate of drug-likeness (QED) is 0.485. The lowest BCUT2D eigenvalue weighted by atomic mass is 10.1. The Balaban J connectivity index is 1.66. The molecule has 2 aromatic heterocycles. The molecule has 3 aromatic rings. The van der Waals surface area contributed by atoms with Gasteiger partial charge in [-0.2, -0.15) is 5.10 Å². The van der Waals surface area contributed by atoms with E-state index in [-0.39, 0.29) is 5.89 Å². The molecule has 0 aliphatic heterocycles. The molecule has 2 heterocycles. The molecule has 3 rings (SSSR count). The summed E-state index contributed by atoms with van der Waals surface area (Å²) in [7, 11) is 1.73. The number of esters is 1. The van der Waals surface area contributed by atoms with Crippen LogP contribution in [0.15, 0.2) is 34.8 Å². The topological polar surface area (TPSA) is 83.0 Å². The molecule has 27 heavy (non-hydrogen) atoms. The number of ether oxygens (including phenoxy) is 1. The van der Waals surface area contributed by atoms with E-state index in [0.717, 1.165) is 16.8 Å². The third kappa shape index (κ3) is 4.25. The van der Waals surface area contributed by atoms with Crippen LogP contribution in [0.5, 0.6) is 0 Å². The number of aromatic nitrogens is 4. The lowest BCUT2D eigenvalue weighted by molar-refractivity contribution is -0.143. The first-order valence-electron chi connectivity index (χ1n) is 8.33. The smallest absolute Gasteiger partial charge is 0.331 e. The Morgan fingerprint density at radius 1 is 1.26 bits per heavy atom.